The summed E-state index contributed by atoms with van der Waals surface area (Å²) >= 11 is 6.12. The molecule has 1 heterocycles. The SMILES string of the molecule is COc1ccc(C(O)Cc2c(C)nn(C)c2Cl)cc1F. The molecule has 0 spiro atoms. The van der Waals surface area contributed by atoms with E-state index < -0.39 is 11.9 Å². The van der Waals surface area contributed by atoms with Gasteiger partial charge in [0.1, 0.15) is 5.15 Å². The Hall–Kier alpha value is -1.59. The summed E-state index contributed by atoms with van der Waals surface area (Å²) in [7, 11) is 3.13. The highest BCUT2D eigenvalue weighted by atomic mass is 35.5. The van der Waals surface area contributed by atoms with E-state index in [1.165, 1.54) is 19.2 Å². The quantitative estimate of drug-likeness (QED) is 0.944. The van der Waals surface area contributed by atoms with Crippen molar-refractivity contribution in [2.45, 2.75) is 19.4 Å². The molecule has 1 aromatic carbocycles. The molecule has 6 heteroatoms. The molecule has 0 aliphatic rings. The molecule has 0 radical (unpaired) electrons. The first kappa shape index (κ1) is 14.8. The van der Waals surface area contributed by atoms with E-state index >= 15 is 0 Å². The van der Waals surface area contributed by atoms with Crippen LogP contribution in [0.25, 0.3) is 0 Å². The number of nitrogens with zero attached hydrogens (tertiary/aromatic N) is 2. The minimum absolute atomic E-state index is 0.150. The Morgan fingerprint density at radius 3 is 2.70 bits per heavy atom. The lowest BCUT2D eigenvalue weighted by Gasteiger charge is -2.12. The van der Waals surface area contributed by atoms with Gasteiger partial charge in [0, 0.05) is 19.0 Å². The topological polar surface area (TPSA) is 47.3 Å². The van der Waals surface area contributed by atoms with Crippen LogP contribution in [0.1, 0.15) is 22.9 Å². The van der Waals surface area contributed by atoms with Gasteiger partial charge in [0.2, 0.25) is 0 Å². The van der Waals surface area contributed by atoms with Crippen LogP contribution in [0.2, 0.25) is 5.15 Å². The summed E-state index contributed by atoms with van der Waals surface area (Å²) in [4.78, 5) is 0. The standard InChI is InChI=1S/C14H16ClFN2O2/c1-8-10(14(15)18(2)17-8)7-12(19)9-4-5-13(20-3)11(16)6-9/h4-6,12,19H,7H2,1-3H3. The number of hydrogen-bond acceptors (Lipinski definition) is 3. The molecule has 2 aromatic rings. The molecule has 1 aromatic heterocycles. The lowest BCUT2D eigenvalue weighted by atomic mass is 10.0. The van der Waals surface area contributed by atoms with Crippen molar-refractivity contribution in [3.8, 4) is 5.75 Å². The fourth-order valence-corrected chi connectivity index (χ4v) is 2.36. The normalized spacial score (nSPS) is 12.5. The lowest BCUT2D eigenvalue weighted by molar-refractivity contribution is 0.177. The first-order valence-electron chi connectivity index (χ1n) is 6.13. The molecular formula is C14H16ClFN2O2. The van der Waals surface area contributed by atoms with Crippen molar-refractivity contribution in [1.29, 1.82) is 0 Å². The van der Waals surface area contributed by atoms with Crippen molar-refractivity contribution in [3.63, 3.8) is 0 Å². The van der Waals surface area contributed by atoms with E-state index in [0.29, 0.717) is 10.7 Å². The van der Waals surface area contributed by atoms with Crippen molar-refractivity contribution < 1.29 is 14.2 Å². The zero-order valence-electron chi connectivity index (χ0n) is 11.5. The molecule has 0 saturated carbocycles. The van der Waals surface area contributed by atoms with Gasteiger partial charge in [0.25, 0.3) is 0 Å². The number of ether oxygens (including phenoxy) is 1. The second-order valence-corrected chi connectivity index (χ2v) is 4.95. The first-order chi connectivity index (χ1) is 9.43. The van der Waals surface area contributed by atoms with Gasteiger partial charge in [-0.1, -0.05) is 17.7 Å². The fourth-order valence-electron chi connectivity index (χ4n) is 2.11. The molecule has 1 N–H and O–H groups in total. The number of aliphatic hydroxyl groups is 1. The van der Waals surface area contributed by atoms with E-state index in [0.717, 1.165) is 11.3 Å². The molecule has 1 atom stereocenters. The zero-order chi connectivity index (χ0) is 14.9. The van der Waals surface area contributed by atoms with Crippen LogP contribution in [0.4, 0.5) is 4.39 Å². The third kappa shape index (κ3) is 2.78. The Morgan fingerprint density at radius 1 is 1.50 bits per heavy atom. The highest BCUT2D eigenvalue weighted by Crippen LogP contribution is 2.27. The van der Waals surface area contributed by atoms with Gasteiger partial charge < -0.3 is 9.84 Å². The third-order valence-electron chi connectivity index (χ3n) is 3.23. The van der Waals surface area contributed by atoms with E-state index in [4.69, 9.17) is 16.3 Å². The van der Waals surface area contributed by atoms with Crippen molar-refractivity contribution in [2.24, 2.45) is 7.05 Å². The van der Waals surface area contributed by atoms with Gasteiger partial charge in [-0.2, -0.15) is 5.10 Å². The van der Waals surface area contributed by atoms with Crippen molar-refractivity contribution in [2.75, 3.05) is 7.11 Å². The Bertz CT molecular complexity index is 628. The number of benzene rings is 1. The van der Waals surface area contributed by atoms with Crippen molar-refractivity contribution >= 4 is 11.6 Å². The van der Waals surface area contributed by atoms with Crippen molar-refractivity contribution in [1.82, 2.24) is 9.78 Å². The summed E-state index contributed by atoms with van der Waals surface area (Å²) < 4.78 is 20.0. The maximum atomic E-state index is 13.6. The summed E-state index contributed by atoms with van der Waals surface area (Å²) in [5.74, 6) is -0.352. The number of halogens is 2. The number of methoxy groups -OCH3 is 1. The van der Waals surface area contributed by atoms with E-state index in [1.54, 1.807) is 17.8 Å². The van der Waals surface area contributed by atoms with Crippen LogP contribution in [-0.4, -0.2) is 22.0 Å². The molecular weight excluding hydrogens is 283 g/mol. The largest absolute Gasteiger partial charge is 0.494 e. The molecule has 108 valence electrons. The van der Waals surface area contributed by atoms with Crippen LogP contribution in [0.5, 0.6) is 5.75 Å². The van der Waals surface area contributed by atoms with E-state index in [2.05, 4.69) is 5.10 Å². The maximum absolute atomic E-state index is 13.6. The number of hydrogen-bond donors (Lipinski definition) is 1. The number of aliphatic hydroxyl groups excluding tert-OH is 1. The maximum Gasteiger partial charge on any atom is 0.165 e. The smallest absolute Gasteiger partial charge is 0.165 e. The number of aromatic nitrogens is 2. The van der Waals surface area contributed by atoms with Gasteiger partial charge in [-0.15, -0.1) is 0 Å². The van der Waals surface area contributed by atoms with E-state index in [1.807, 2.05) is 6.92 Å². The fraction of sp³-hybridized carbons (Fsp3) is 0.357. The molecule has 20 heavy (non-hydrogen) atoms. The average molecular weight is 299 g/mol. The second-order valence-electron chi connectivity index (χ2n) is 4.59. The van der Waals surface area contributed by atoms with Crippen LogP contribution in [0.15, 0.2) is 18.2 Å². The van der Waals surface area contributed by atoms with Crippen LogP contribution < -0.4 is 4.74 Å². The minimum Gasteiger partial charge on any atom is -0.494 e. The number of rotatable bonds is 4. The molecule has 0 amide bonds. The average Bonchev–Trinajstić information content (AvgIpc) is 2.65. The summed E-state index contributed by atoms with van der Waals surface area (Å²) in [5, 5.41) is 14.9. The highest BCUT2D eigenvalue weighted by Gasteiger charge is 2.18. The first-order valence-corrected chi connectivity index (χ1v) is 6.51. The van der Waals surface area contributed by atoms with Crippen LogP contribution >= 0.6 is 11.6 Å². The minimum atomic E-state index is -0.851. The predicted octanol–water partition coefficient (Wildman–Crippen LogP) is 2.81. The van der Waals surface area contributed by atoms with E-state index in [9.17, 15) is 9.50 Å². The molecule has 0 bridgehead atoms. The molecule has 0 aliphatic carbocycles. The van der Waals surface area contributed by atoms with Gasteiger partial charge in [0.15, 0.2) is 11.6 Å². The predicted molar refractivity (Wildman–Crippen MR) is 74.6 cm³/mol. The summed E-state index contributed by atoms with van der Waals surface area (Å²) in [6.07, 6.45) is -0.569. The van der Waals surface area contributed by atoms with Crippen LogP contribution in [0.3, 0.4) is 0 Å². The molecule has 0 aliphatic heterocycles. The molecule has 0 saturated heterocycles. The molecule has 2 rings (SSSR count). The molecule has 1 unspecified atom stereocenters. The summed E-state index contributed by atoms with van der Waals surface area (Å²) in [5.41, 5.74) is 1.99. The van der Waals surface area contributed by atoms with Gasteiger partial charge in [0.05, 0.1) is 18.9 Å². The monoisotopic (exact) mass is 298 g/mol. The van der Waals surface area contributed by atoms with Crippen LogP contribution in [0, 0.1) is 12.7 Å². The Kier molecular flexibility index (Phi) is 4.30. The zero-order valence-corrected chi connectivity index (χ0v) is 12.3. The Morgan fingerprint density at radius 2 is 2.20 bits per heavy atom. The summed E-state index contributed by atoms with van der Waals surface area (Å²) in [6.45, 7) is 1.82. The third-order valence-corrected chi connectivity index (χ3v) is 3.70. The molecule has 4 nitrogen and oxygen atoms in total. The lowest BCUT2D eigenvalue weighted by Crippen LogP contribution is -2.04. The highest BCUT2D eigenvalue weighted by molar-refractivity contribution is 6.30. The summed E-state index contributed by atoms with van der Waals surface area (Å²) in [6, 6.07) is 4.39. The van der Waals surface area contributed by atoms with Gasteiger partial charge in [-0.3, -0.25) is 4.68 Å². The number of aryl methyl sites for hydroxylation is 2. The van der Waals surface area contributed by atoms with Gasteiger partial charge in [-0.05, 0) is 24.6 Å². The Labute approximate surface area is 121 Å². The van der Waals surface area contributed by atoms with E-state index in [-0.39, 0.29) is 12.2 Å². The second kappa shape index (κ2) is 5.81. The van der Waals surface area contributed by atoms with Gasteiger partial charge >= 0.3 is 0 Å². The van der Waals surface area contributed by atoms with Crippen LogP contribution in [-0.2, 0) is 13.5 Å². The molecule has 0 fully saturated rings. The van der Waals surface area contributed by atoms with Gasteiger partial charge in [-0.25, -0.2) is 4.39 Å². The Balaban J connectivity index is 2.23. The van der Waals surface area contributed by atoms with Crippen molar-refractivity contribution in [3.05, 3.63) is 46.0 Å².